The Bertz CT molecular complexity index is 860. The van der Waals surface area contributed by atoms with E-state index in [1.54, 1.807) is 23.1 Å². The normalized spacial score (nSPS) is 16.7. The summed E-state index contributed by atoms with van der Waals surface area (Å²) in [4.78, 5) is 27.2. The number of amides is 2. The lowest BCUT2D eigenvalue weighted by molar-refractivity contribution is -0.122. The predicted octanol–water partition coefficient (Wildman–Crippen LogP) is 5.11. The largest absolute Gasteiger partial charge is 0.324 e. The second-order valence-corrected chi connectivity index (χ2v) is 7.49. The number of aryl methyl sites for hydroxylation is 2. The lowest BCUT2D eigenvalue weighted by Crippen LogP contribution is -2.29. The molecular weight excluding hydrogens is 383 g/mol. The van der Waals surface area contributed by atoms with Gasteiger partial charge in [0.05, 0.1) is 16.6 Å². The third-order valence-corrected chi connectivity index (χ3v) is 5.47. The van der Waals surface area contributed by atoms with Crippen molar-refractivity contribution in [2.24, 2.45) is 5.92 Å². The molecule has 1 heterocycles. The lowest BCUT2D eigenvalue weighted by Gasteiger charge is -2.23. The summed E-state index contributed by atoms with van der Waals surface area (Å²) in [6.45, 7) is 4.52. The Hall–Kier alpha value is -2.04. The molecule has 0 unspecified atom stereocenters. The lowest BCUT2D eigenvalue weighted by atomic mass is 10.0. The number of anilines is 2. The van der Waals surface area contributed by atoms with Crippen molar-refractivity contribution in [2.75, 3.05) is 16.8 Å². The highest BCUT2D eigenvalue weighted by atomic mass is 35.5. The third kappa shape index (κ3) is 4.12. The van der Waals surface area contributed by atoms with Gasteiger partial charge in [-0.05, 0) is 42.2 Å². The summed E-state index contributed by atoms with van der Waals surface area (Å²) in [7, 11) is 0. The second kappa shape index (κ2) is 8.32. The fraction of sp³-hybridized carbons (Fsp3) is 0.333. The molecule has 1 fully saturated rings. The minimum absolute atomic E-state index is 0.0204. The maximum absolute atomic E-state index is 12.7. The average molecular weight is 405 g/mol. The molecule has 0 aromatic heterocycles. The maximum atomic E-state index is 12.7. The Morgan fingerprint density at radius 1 is 1.15 bits per heavy atom. The van der Waals surface area contributed by atoms with Gasteiger partial charge < -0.3 is 10.2 Å². The van der Waals surface area contributed by atoms with Crippen LogP contribution in [0, 0.1) is 5.92 Å². The van der Waals surface area contributed by atoms with E-state index in [1.807, 2.05) is 18.2 Å². The Morgan fingerprint density at radius 3 is 2.41 bits per heavy atom. The first-order valence-corrected chi connectivity index (χ1v) is 9.87. The summed E-state index contributed by atoms with van der Waals surface area (Å²) in [6, 6.07) is 11.0. The molecule has 4 nitrogen and oxygen atoms in total. The highest BCUT2D eigenvalue weighted by molar-refractivity contribution is 6.36. The number of nitrogens with zero attached hydrogens (tertiary/aromatic N) is 1. The molecule has 0 bridgehead atoms. The van der Waals surface area contributed by atoms with E-state index in [4.69, 9.17) is 23.2 Å². The summed E-state index contributed by atoms with van der Waals surface area (Å²) in [5.74, 6) is -0.645. The van der Waals surface area contributed by atoms with E-state index in [1.165, 1.54) is 0 Å². The Labute approximate surface area is 169 Å². The number of halogens is 2. The number of hydrogen-bond acceptors (Lipinski definition) is 2. The molecule has 0 radical (unpaired) electrons. The van der Waals surface area contributed by atoms with E-state index in [0.29, 0.717) is 22.3 Å². The third-order valence-electron chi connectivity index (χ3n) is 4.92. The van der Waals surface area contributed by atoms with Crippen LogP contribution in [0.4, 0.5) is 11.4 Å². The summed E-state index contributed by atoms with van der Waals surface area (Å²) in [5, 5.41) is 3.70. The summed E-state index contributed by atoms with van der Waals surface area (Å²) < 4.78 is 0. The van der Waals surface area contributed by atoms with Gasteiger partial charge in [-0.25, -0.2) is 0 Å². The Kier molecular flexibility index (Phi) is 6.08. The fourth-order valence-corrected chi connectivity index (χ4v) is 3.94. The number of carbonyl (C=O) groups excluding carboxylic acids is 2. The van der Waals surface area contributed by atoms with Crippen LogP contribution in [0.5, 0.6) is 0 Å². The van der Waals surface area contributed by atoms with Gasteiger partial charge in [0.2, 0.25) is 11.8 Å². The van der Waals surface area contributed by atoms with Crippen LogP contribution in [0.3, 0.4) is 0 Å². The van der Waals surface area contributed by atoms with Crippen molar-refractivity contribution >= 4 is 46.4 Å². The molecule has 6 heteroatoms. The summed E-state index contributed by atoms with van der Waals surface area (Å²) >= 11 is 12.0. The molecule has 1 aliphatic heterocycles. The topological polar surface area (TPSA) is 49.4 Å². The van der Waals surface area contributed by atoms with Crippen molar-refractivity contribution < 1.29 is 9.59 Å². The molecule has 2 aromatic carbocycles. The molecule has 0 saturated carbocycles. The van der Waals surface area contributed by atoms with Gasteiger partial charge in [0.25, 0.3) is 0 Å². The van der Waals surface area contributed by atoms with Crippen LogP contribution < -0.4 is 10.2 Å². The van der Waals surface area contributed by atoms with E-state index < -0.39 is 5.92 Å². The van der Waals surface area contributed by atoms with Crippen molar-refractivity contribution in [2.45, 2.75) is 33.1 Å². The zero-order chi connectivity index (χ0) is 19.6. The van der Waals surface area contributed by atoms with Crippen LogP contribution in [-0.4, -0.2) is 18.4 Å². The van der Waals surface area contributed by atoms with Gasteiger partial charge in [-0.15, -0.1) is 0 Å². The van der Waals surface area contributed by atoms with Crippen LogP contribution in [0.15, 0.2) is 36.4 Å². The molecule has 1 saturated heterocycles. The highest BCUT2D eigenvalue weighted by Gasteiger charge is 2.36. The van der Waals surface area contributed by atoms with Crippen LogP contribution in [-0.2, 0) is 22.4 Å². The molecule has 1 atom stereocenters. The number of rotatable bonds is 5. The molecule has 1 aliphatic rings. The van der Waals surface area contributed by atoms with Crippen molar-refractivity contribution in [3.8, 4) is 0 Å². The van der Waals surface area contributed by atoms with E-state index >= 15 is 0 Å². The smallest absolute Gasteiger partial charge is 0.229 e. The van der Waals surface area contributed by atoms with E-state index in [0.717, 1.165) is 29.7 Å². The van der Waals surface area contributed by atoms with E-state index in [2.05, 4.69) is 19.2 Å². The SMILES string of the molecule is CCc1cccc(CC)c1N1C[C@H](C(=O)Nc2ccc(Cl)cc2Cl)CC1=O. The summed E-state index contributed by atoms with van der Waals surface area (Å²) in [5.41, 5.74) is 3.72. The average Bonchev–Trinajstić information content (AvgIpc) is 3.04. The van der Waals surface area contributed by atoms with Gasteiger partial charge in [-0.2, -0.15) is 0 Å². The second-order valence-electron chi connectivity index (χ2n) is 6.65. The van der Waals surface area contributed by atoms with Gasteiger partial charge >= 0.3 is 0 Å². The van der Waals surface area contributed by atoms with Crippen molar-refractivity contribution in [3.05, 3.63) is 57.6 Å². The number of carbonyl (C=O) groups is 2. The zero-order valence-electron chi connectivity index (χ0n) is 15.4. The number of benzene rings is 2. The van der Waals surface area contributed by atoms with Crippen molar-refractivity contribution in [3.63, 3.8) is 0 Å². The highest BCUT2D eigenvalue weighted by Crippen LogP contribution is 2.33. The first-order chi connectivity index (χ1) is 12.9. The molecule has 142 valence electrons. The van der Waals surface area contributed by atoms with Crippen LogP contribution >= 0.6 is 23.2 Å². The number of nitrogens with one attached hydrogen (secondary N) is 1. The van der Waals surface area contributed by atoms with Gasteiger partial charge in [-0.3, -0.25) is 9.59 Å². The van der Waals surface area contributed by atoms with Gasteiger partial charge in [0.15, 0.2) is 0 Å². The monoisotopic (exact) mass is 404 g/mol. The molecule has 0 spiro atoms. The number of para-hydroxylation sites is 1. The summed E-state index contributed by atoms with van der Waals surface area (Å²) in [6.07, 6.45) is 1.87. The molecule has 2 amide bonds. The van der Waals surface area contributed by atoms with Crippen LogP contribution in [0.25, 0.3) is 0 Å². The minimum Gasteiger partial charge on any atom is -0.324 e. The predicted molar refractivity (Wildman–Crippen MR) is 111 cm³/mol. The molecule has 2 aromatic rings. The van der Waals surface area contributed by atoms with Crippen LogP contribution in [0.1, 0.15) is 31.4 Å². The molecular formula is C21H22Cl2N2O2. The van der Waals surface area contributed by atoms with Gasteiger partial charge in [-0.1, -0.05) is 55.2 Å². The first kappa shape index (κ1) is 19.7. The standard InChI is InChI=1S/C21H22Cl2N2O2/c1-3-13-6-5-7-14(4-2)20(13)25-12-15(10-19(25)26)21(27)24-18-9-8-16(22)11-17(18)23/h5-9,11,15H,3-4,10,12H2,1-2H3,(H,24,27)/t15-/m1/s1. The van der Waals surface area contributed by atoms with Gasteiger partial charge in [0.1, 0.15) is 0 Å². The zero-order valence-corrected chi connectivity index (χ0v) is 16.9. The Morgan fingerprint density at radius 2 is 1.81 bits per heavy atom. The van der Waals surface area contributed by atoms with Crippen molar-refractivity contribution in [1.82, 2.24) is 0 Å². The first-order valence-electron chi connectivity index (χ1n) is 9.11. The molecule has 1 N–H and O–H groups in total. The molecule has 3 rings (SSSR count). The Balaban J connectivity index is 1.80. The molecule has 27 heavy (non-hydrogen) atoms. The van der Waals surface area contributed by atoms with E-state index in [-0.39, 0.29) is 18.2 Å². The van der Waals surface area contributed by atoms with Crippen molar-refractivity contribution in [1.29, 1.82) is 0 Å². The van der Waals surface area contributed by atoms with Gasteiger partial charge in [0, 0.05) is 23.7 Å². The maximum Gasteiger partial charge on any atom is 0.229 e. The van der Waals surface area contributed by atoms with Crippen LogP contribution in [0.2, 0.25) is 10.0 Å². The molecule has 0 aliphatic carbocycles. The fourth-order valence-electron chi connectivity index (χ4n) is 3.49. The van der Waals surface area contributed by atoms with E-state index in [9.17, 15) is 9.59 Å². The number of hydrogen-bond donors (Lipinski definition) is 1. The minimum atomic E-state index is -0.418. The quantitative estimate of drug-likeness (QED) is 0.752.